The molecule has 0 saturated carbocycles. The van der Waals surface area contributed by atoms with Crippen molar-refractivity contribution in [1.82, 2.24) is 14.5 Å². The average Bonchev–Trinajstić information content (AvgIpc) is 3.14. The van der Waals surface area contributed by atoms with Crippen LogP contribution in [0, 0.1) is 0 Å². The topological polar surface area (TPSA) is 56.6 Å². The number of amides is 1. The number of hydrogen-bond acceptors (Lipinski definition) is 4. The van der Waals surface area contributed by atoms with Gasteiger partial charge in [0.25, 0.3) is 0 Å². The summed E-state index contributed by atoms with van der Waals surface area (Å²) < 4.78 is 12.3. The van der Waals surface area contributed by atoms with E-state index in [0.29, 0.717) is 26.3 Å². The molecule has 1 fully saturated rings. The third kappa shape index (κ3) is 2.96. The standard InChI is InChI=1S/C16H19N3O3/c1-21-8-7-18-12-17-9-14(18)10-19-15(11-22-16(19)20)13-5-3-2-4-6-13/h2-6,9,12,15H,7-8,10-11H2,1H3/t15-/m1/s1. The van der Waals surface area contributed by atoms with E-state index in [2.05, 4.69) is 4.98 Å². The van der Waals surface area contributed by atoms with E-state index in [1.807, 2.05) is 34.9 Å². The van der Waals surface area contributed by atoms with Crippen LogP contribution in [0.25, 0.3) is 0 Å². The minimum Gasteiger partial charge on any atom is -0.447 e. The first-order valence-electron chi connectivity index (χ1n) is 7.26. The number of ether oxygens (including phenoxy) is 2. The first-order valence-corrected chi connectivity index (χ1v) is 7.26. The minimum absolute atomic E-state index is 0.0560. The van der Waals surface area contributed by atoms with E-state index in [1.165, 1.54) is 0 Å². The van der Waals surface area contributed by atoms with Gasteiger partial charge in [-0.05, 0) is 5.56 Å². The van der Waals surface area contributed by atoms with E-state index in [4.69, 9.17) is 9.47 Å². The number of carbonyl (C=O) groups excluding carboxylic acids is 1. The normalized spacial score (nSPS) is 17.8. The van der Waals surface area contributed by atoms with E-state index in [-0.39, 0.29) is 12.1 Å². The summed E-state index contributed by atoms with van der Waals surface area (Å²) >= 11 is 0. The number of benzene rings is 1. The van der Waals surface area contributed by atoms with Crippen molar-refractivity contribution in [2.45, 2.75) is 19.1 Å². The summed E-state index contributed by atoms with van der Waals surface area (Å²) in [4.78, 5) is 18.0. The lowest BCUT2D eigenvalue weighted by Crippen LogP contribution is -2.28. The first-order chi connectivity index (χ1) is 10.8. The summed E-state index contributed by atoms with van der Waals surface area (Å²) in [7, 11) is 1.67. The van der Waals surface area contributed by atoms with Crippen molar-refractivity contribution in [2.75, 3.05) is 20.3 Å². The van der Waals surface area contributed by atoms with Crippen LogP contribution in [-0.4, -0.2) is 40.9 Å². The molecule has 2 aromatic rings. The van der Waals surface area contributed by atoms with Gasteiger partial charge in [-0.25, -0.2) is 9.78 Å². The van der Waals surface area contributed by atoms with Gasteiger partial charge in [-0.1, -0.05) is 30.3 Å². The third-order valence-corrected chi connectivity index (χ3v) is 3.83. The molecule has 1 atom stereocenters. The van der Waals surface area contributed by atoms with E-state index in [9.17, 15) is 4.79 Å². The maximum atomic E-state index is 12.1. The summed E-state index contributed by atoms with van der Waals surface area (Å²) in [5.41, 5.74) is 2.05. The lowest BCUT2D eigenvalue weighted by molar-refractivity contribution is 0.154. The van der Waals surface area contributed by atoms with Gasteiger partial charge in [0.05, 0.1) is 31.2 Å². The Morgan fingerprint density at radius 1 is 1.36 bits per heavy atom. The minimum atomic E-state index is -0.284. The molecule has 22 heavy (non-hydrogen) atoms. The zero-order valence-electron chi connectivity index (χ0n) is 12.5. The predicted octanol–water partition coefficient (Wildman–Crippen LogP) is 2.22. The number of aromatic nitrogens is 2. The maximum Gasteiger partial charge on any atom is 0.410 e. The van der Waals surface area contributed by atoms with Crippen molar-refractivity contribution >= 4 is 6.09 Å². The van der Waals surface area contributed by atoms with Crippen LogP contribution in [0.2, 0.25) is 0 Å². The van der Waals surface area contributed by atoms with Crippen molar-refractivity contribution in [2.24, 2.45) is 0 Å². The molecule has 1 aliphatic rings. The fourth-order valence-electron chi connectivity index (χ4n) is 2.62. The number of methoxy groups -OCH3 is 1. The van der Waals surface area contributed by atoms with Crippen LogP contribution in [0.5, 0.6) is 0 Å². The van der Waals surface area contributed by atoms with Gasteiger partial charge in [0.1, 0.15) is 6.61 Å². The largest absolute Gasteiger partial charge is 0.447 e. The van der Waals surface area contributed by atoms with Crippen LogP contribution in [-0.2, 0) is 22.6 Å². The molecule has 0 spiro atoms. The predicted molar refractivity (Wildman–Crippen MR) is 80.2 cm³/mol. The quantitative estimate of drug-likeness (QED) is 0.821. The molecule has 6 heteroatoms. The number of nitrogens with zero attached hydrogens (tertiary/aromatic N) is 3. The molecule has 0 aliphatic carbocycles. The van der Waals surface area contributed by atoms with Gasteiger partial charge in [-0.3, -0.25) is 4.90 Å². The van der Waals surface area contributed by atoms with Crippen LogP contribution in [0.4, 0.5) is 4.79 Å². The van der Waals surface area contributed by atoms with Gasteiger partial charge in [-0.2, -0.15) is 0 Å². The second-order valence-corrected chi connectivity index (χ2v) is 5.20. The molecule has 0 N–H and O–H groups in total. The molecule has 0 bridgehead atoms. The molecule has 0 radical (unpaired) electrons. The van der Waals surface area contributed by atoms with Crippen molar-refractivity contribution in [1.29, 1.82) is 0 Å². The van der Waals surface area contributed by atoms with Crippen LogP contribution in [0.3, 0.4) is 0 Å². The Hall–Kier alpha value is -2.34. The molecule has 6 nitrogen and oxygen atoms in total. The van der Waals surface area contributed by atoms with E-state index >= 15 is 0 Å². The number of hydrogen-bond donors (Lipinski definition) is 0. The molecular formula is C16H19N3O3. The Morgan fingerprint density at radius 3 is 2.95 bits per heavy atom. The Morgan fingerprint density at radius 2 is 2.18 bits per heavy atom. The molecule has 1 amide bonds. The highest BCUT2D eigenvalue weighted by molar-refractivity contribution is 5.70. The van der Waals surface area contributed by atoms with Crippen LogP contribution in [0.1, 0.15) is 17.3 Å². The van der Waals surface area contributed by atoms with Crippen molar-refractivity contribution in [3.05, 3.63) is 54.1 Å². The van der Waals surface area contributed by atoms with Gasteiger partial charge < -0.3 is 14.0 Å². The molecule has 1 aliphatic heterocycles. The number of cyclic esters (lactones) is 1. The number of rotatable bonds is 6. The van der Waals surface area contributed by atoms with Gasteiger partial charge in [0, 0.05) is 19.9 Å². The average molecular weight is 301 g/mol. The lowest BCUT2D eigenvalue weighted by Gasteiger charge is -2.22. The van der Waals surface area contributed by atoms with E-state index < -0.39 is 0 Å². The molecule has 1 aromatic carbocycles. The molecule has 1 saturated heterocycles. The lowest BCUT2D eigenvalue weighted by atomic mass is 10.1. The fraction of sp³-hybridized carbons (Fsp3) is 0.375. The molecule has 0 unspecified atom stereocenters. The molecule has 1 aromatic heterocycles. The smallest absolute Gasteiger partial charge is 0.410 e. The number of carbonyl (C=O) groups is 1. The molecule has 3 rings (SSSR count). The highest BCUT2D eigenvalue weighted by Gasteiger charge is 2.34. The summed E-state index contributed by atoms with van der Waals surface area (Å²) in [5.74, 6) is 0. The summed E-state index contributed by atoms with van der Waals surface area (Å²) in [6.07, 6.45) is 3.25. The summed E-state index contributed by atoms with van der Waals surface area (Å²) in [5, 5.41) is 0. The van der Waals surface area contributed by atoms with Crippen LogP contribution >= 0.6 is 0 Å². The van der Waals surface area contributed by atoms with Gasteiger partial charge in [0.2, 0.25) is 0 Å². The van der Waals surface area contributed by atoms with Crippen LogP contribution < -0.4 is 0 Å². The van der Waals surface area contributed by atoms with Gasteiger partial charge in [-0.15, -0.1) is 0 Å². The zero-order chi connectivity index (χ0) is 15.4. The summed E-state index contributed by atoms with van der Waals surface area (Å²) in [6, 6.07) is 9.88. The SMILES string of the molecule is COCCn1cncc1CN1C(=O)OC[C@@H]1c1ccccc1. The van der Waals surface area contributed by atoms with Gasteiger partial charge in [0.15, 0.2) is 0 Å². The maximum absolute atomic E-state index is 12.1. The molecule has 2 heterocycles. The van der Waals surface area contributed by atoms with E-state index in [0.717, 1.165) is 11.3 Å². The second-order valence-electron chi connectivity index (χ2n) is 5.20. The Labute approximate surface area is 129 Å². The Balaban J connectivity index is 1.78. The van der Waals surface area contributed by atoms with Crippen molar-refractivity contribution in [3.8, 4) is 0 Å². The van der Waals surface area contributed by atoms with Crippen LogP contribution in [0.15, 0.2) is 42.9 Å². The van der Waals surface area contributed by atoms with E-state index in [1.54, 1.807) is 24.5 Å². The Bertz CT molecular complexity index is 627. The van der Waals surface area contributed by atoms with Crippen molar-refractivity contribution in [3.63, 3.8) is 0 Å². The van der Waals surface area contributed by atoms with Crippen molar-refractivity contribution < 1.29 is 14.3 Å². The monoisotopic (exact) mass is 301 g/mol. The zero-order valence-corrected chi connectivity index (χ0v) is 12.5. The van der Waals surface area contributed by atoms with Gasteiger partial charge >= 0.3 is 6.09 Å². The highest BCUT2D eigenvalue weighted by atomic mass is 16.6. The second kappa shape index (κ2) is 6.62. The molecular weight excluding hydrogens is 282 g/mol. The Kier molecular flexibility index (Phi) is 4.39. The summed E-state index contributed by atoms with van der Waals surface area (Å²) in [6.45, 7) is 2.18. The first kappa shape index (κ1) is 14.6. The third-order valence-electron chi connectivity index (χ3n) is 3.83. The highest BCUT2D eigenvalue weighted by Crippen LogP contribution is 2.29. The number of imidazole rings is 1. The fourth-order valence-corrected chi connectivity index (χ4v) is 2.62. The molecule has 116 valence electrons.